The normalized spacial score (nSPS) is 9.93. The maximum Gasteiger partial charge on any atom is 0.188 e. The number of aldehydes is 1. The lowest BCUT2D eigenvalue weighted by Gasteiger charge is -2.07. The molecular weight excluding hydrogens is 211 g/mol. The van der Waals surface area contributed by atoms with Gasteiger partial charge in [0.15, 0.2) is 18.9 Å². The molecule has 0 N–H and O–H groups in total. The minimum Gasteiger partial charge on any atom is -0.467 e. The Hall–Kier alpha value is -1.13. The Morgan fingerprint density at radius 2 is 2.29 bits per heavy atom. The largest absolute Gasteiger partial charge is 0.467 e. The van der Waals surface area contributed by atoms with Crippen LogP contribution in [0.3, 0.4) is 0 Å². The molecule has 1 aromatic rings. The van der Waals surface area contributed by atoms with Crippen LogP contribution in [0.25, 0.3) is 0 Å². The van der Waals surface area contributed by atoms with Crippen molar-refractivity contribution >= 4 is 17.9 Å². The molecule has 0 aliphatic heterocycles. The highest BCUT2D eigenvalue weighted by molar-refractivity contribution is 6.31. The number of ether oxygens (including phenoxy) is 2. The van der Waals surface area contributed by atoms with Crippen LogP contribution in [0.15, 0.2) is 12.1 Å². The summed E-state index contributed by atoms with van der Waals surface area (Å²) < 4.78 is 22.8. The maximum atomic E-state index is 13.2. The standard InChI is InChI=1S/C9H8ClFO3/c1-13-5-14-8-3-2-7(10)9(11)6(8)4-12/h2-4H,5H2,1H3. The lowest BCUT2D eigenvalue weighted by atomic mass is 10.2. The van der Waals surface area contributed by atoms with E-state index >= 15 is 0 Å². The summed E-state index contributed by atoms with van der Waals surface area (Å²) in [6.45, 7) is -0.0537. The smallest absolute Gasteiger partial charge is 0.188 e. The van der Waals surface area contributed by atoms with E-state index in [1.165, 1.54) is 19.2 Å². The molecule has 0 heterocycles. The van der Waals surface area contributed by atoms with Crippen molar-refractivity contribution < 1.29 is 18.7 Å². The highest BCUT2D eigenvalue weighted by atomic mass is 35.5. The van der Waals surface area contributed by atoms with E-state index < -0.39 is 5.82 Å². The molecular formula is C9H8ClFO3. The van der Waals surface area contributed by atoms with Gasteiger partial charge in [-0.25, -0.2) is 4.39 Å². The predicted molar refractivity (Wildman–Crippen MR) is 49.3 cm³/mol. The Kier molecular flexibility index (Phi) is 3.85. The second-order valence-electron chi connectivity index (χ2n) is 2.44. The van der Waals surface area contributed by atoms with Crippen molar-refractivity contribution in [2.45, 2.75) is 0 Å². The number of hydrogen-bond acceptors (Lipinski definition) is 3. The summed E-state index contributed by atoms with van der Waals surface area (Å²) in [7, 11) is 1.42. The second kappa shape index (κ2) is 4.93. The van der Waals surface area contributed by atoms with E-state index in [-0.39, 0.29) is 23.1 Å². The Morgan fingerprint density at radius 3 is 2.86 bits per heavy atom. The quantitative estimate of drug-likeness (QED) is 0.575. The second-order valence-corrected chi connectivity index (χ2v) is 2.85. The van der Waals surface area contributed by atoms with E-state index in [1.807, 2.05) is 0 Å². The average Bonchev–Trinajstić information content (AvgIpc) is 2.20. The van der Waals surface area contributed by atoms with Gasteiger partial charge in [0.1, 0.15) is 5.75 Å². The van der Waals surface area contributed by atoms with Gasteiger partial charge in [-0.1, -0.05) is 11.6 Å². The third kappa shape index (κ3) is 2.21. The van der Waals surface area contributed by atoms with Gasteiger partial charge in [-0.2, -0.15) is 0 Å². The maximum absolute atomic E-state index is 13.2. The molecule has 1 aromatic carbocycles. The van der Waals surface area contributed by atoms with Crippen LogP contribution in [-0.4, -0.2) is 20.2 Å². The Balaban J connectivity index is 3.04. The van der Waals surface area contributed by atoms with Gasteiger partial charge in [0.2, 0.25) is 0 Å². The van der Waals surface area contributed by atoms with Crippen molar-refractivity contribution in [2.24, 2.45) is 0 Å². The van der Waals surface area contributed by atoms with Crippen LogP contribution < -0.4 is 4.74 Å². The molecule has 0 amide bonds. The number of halogens is 2. The first-order valence-corrected chi connectivity index (χ1v) is 4.13. The summed E-state index contributed by atoms with van der Waals surface area (Å²) in [6, 6.07) is 2.73. The van der Waals surface area contributed by atoms with Crippen LogP contribution in [-0.2, 0) is 4.74 Å². The van der Waals surface area contributed by atoms with E-state index in [4.69, 9.17) is 16.3 Å². The first-order valence-electron chi connectivity index (χ1n) is 3.75. The molecule has 0 aliphatic carbocycles. The summed E-state index contributed by atoms with van der Waals surface area (Å²) in [5.74, 6) is -0.668. The number of carbonyl (C=O) groups excluding carboxylic acids is 1. The first kappa shape index (κ1) is 10.9. The van der Waals surface area contributed by atoms with Crippen LogP contribution in [0.5, 0.6) is 5.75 Å². The van der Waals surface area contributed by atoms with Gasteiger partial charge in [-0.15, -0.1) is 0 Å². The highest BCUT2D eigenvalue weighted by Crippen LogP contribution is 2.25. The first-order chi connectivity index (χ1) is 6.70. The predicted octanol–water partition coefficient (Wildman–Crippen LogP) is 2.27. The van der Waals surface area contributed by atoms with Gasteiger partial charge >= 0.3 is 0 Å². The lowest BCUT2D eigenvalue weighted by molar-refractivity contribution is 0.0503. The van der Waals surface area contributed by atoms with E-state index in [2.05, 4.69) is 4.74 Å². The molecule has 0 spiro atoms. The molecule has 0 fully saturated rings. The number of methoxy groups -OCH3 is 1. The highest BCUT2D eigenvalue weighted by Gasteiger charge is 2.12. The van der Waals surface area contributed by atoms with Crippen molar-refractivity contribution in [1.29, 1.82) is 0 Å². The molecule has 0 aromatic heterocycles. The Bertz CT molecular complexity index is 341. The molecule has 0 aliphatic rings. The number of hydrogen-bond donors (Lipinski definition) is 0. The number of carbonyl (C=O) groups is 1. The van der Waals surface area contributed by atoms with Gasteiger partial charge < -0.3 is 9.47 Å². The molecule has 0 bridgehead atoms. The van der Waals surface area contributed by atoms with E-state index in [0.29, 0.717) is 6.29 Å². The minimum absolute atomic E-state index is 0.0537. The van der Waals surface area contributed by atoms with Gasteiger partial charge in [0.25, 0.3) is 0 Å². The number of benzene rings is 1. The van der Waals surface area contributed by atoms with E-state index in [9.17, 15) is 9.18 Å². The molecule has 0 saturated carbocycles. The van der Waals surface area contributed by atoms with Crippen LogP contribution in [0.2, 0.25) is 5.02 Å². The van der Waals surface area contributed by atoms with Crippen molar-refractivity contribution in [3.05, 3.63) is 28.5 Å². The third-order valence-corrected chi connectivity index (χ3v) is 1.83. The fourth-order valence-corrected chi connectivity index (χ4v) is 1.07. The SMILES string of the molecule is COCOc1ccc(Cl)c(F)c1C=O. The zero-order valence-corrected chi connectivity index (χ0v) is 8.18. The minimum atomic E-state index is -0.782. The van der Waals surface area contributed by atoms with Crippen molar-refractivity contribution in [3.8, 4) is 5.75 Å². The molecule has 0 saturated heterocycles. The Labute approximate surface area is 85.4 Å². The molecule has 0 unspecified atom stereocenters. The van der Waals surface area contributed by atoms with Gasteiger partial charge in [0, 0.05) is 7.11 Å². The van der Waals surface area contributed by atoms with Gasteiger partial charge in [0.05, 0.1) is 10.6 Å². The monoisotopic (exact) mass is 218 g/mol. The fraction of sp³-hybridized carbons (Fsp3) is 0.222. The van der Waals surface area contributed by atoms with E-state index in [1.54, 1.807) is 0 Å². The lowest BCUT2D eigenvalue weighted by Crippen LogP contribution is -2.03. The Morgan fingerprint density at radius 1 is 1.57 bits per heavy atom. The van der Waals surface area contributed by atoms with Gasteiger partial charge in [-0.05, 0) is 12.1 Å². The third-order valence-electron chi connectivity index (χ3n) is 1.54. The zero-order chi connectivity index (χ0) is 10.6. The summed E-state index contributed by atoms with van der Waals surface area (Å²) in [5.41, 5.74) is -0.199. The van der Waals surface area contributed by atoms with Crippen LogP contribution in [0, 0.1) is 5.82 Å². The molecule has 0 atom stereocenters. The molecule has 76 valence electrons. The zero-order valence-electron chi connectivity index (χ0n) is 7.42. The number of rotatable bonds is 4. The molecule has 14 heavy (non-hydrogen) atoms. The van der Waals surface area contributed by atoms with Crippen molar-refractivity contribution in [2.75, 3.05) is 13.9 Å². The van der Waals surface area contributed by atoms with E-state index in [0.717, 1.165) is 0 Å². The van der Waals surface area contributed by atoms with Crippen LogP contribution >= 0.6 is 11.6 Å². The summed E-state index contributed by atoms with van der Waals surface area (Å²) in [4.78, 5) is 10.5. The molecule has 3 nitrogen and oxygen atoms in total. The summed E-state index contributed by atoms with van der Waals surface area (Å²) in [6.07, 6.45) is 0.353. The van der Waals surface area contributed by atoms with Crippen LogP contribution in [0.1, 0.15) is 10.4 Å². The van der Waals surface area contributed by atoms with Crippen LogP contribution in [0.4, 0.5) is 4.39 Å². The topological polar surface area (TPSA) is 35.5 Å². The molecule has 0 radical (unpaired) electrons. The van der Waals surface area contributed by atoms with Gasteiger partial charge in [-0.3, -0.25) is 4.79 Å². The summed E-state index contributed by atoms with van der Waals surface area (Å²) in [5, 5.41) is -0.114. The summed E-state index contributed by atoms with van der Waals surface area (Å²) >= 11 is 5.48. The van der Waals surface area contributed by atoms with Crippen molar-refractivity contribution in [1.82, 2.24) is 0 Å². The fourth-order valence-electron chi connectivity index (χ4n) is 0.907. The van der Waals surface area contributed by atoms with Crippen molar-refractivity contribution in [3.63, 3.8) is 0 Å². The molecule has 5 heteroatoms. The average molecular weight is 219 g/mol. The molecule has 1 rings (SSSR count).